The molecule has 0 aromatic rings. The molecule has 1 saturated heterocycles. The minimum absolute atomic E-state index is 0.291. The van der Waals surface area contributed by atoms with Crippen molar-refractivity contribution < 1.29 is 4.74 Å². The molecule has 1 fully saturated rings. The highest BCUT2D eigenvalue weighted by Crippen LogP contribution is 2.17. The molecular formula is C13H28N2O. The summed E-state index contributed by atoms with van der Waals surface area (Å²) in [7, 11) is 1.78. The summed E-state index contributed by atoms with van der Waals surface area (Å²) in [5.41, 5.74) is 0. The molecule has 4 atom stereocenters. The van der Waals surface area contributed by atoms with Crippen molar-refractivity contribution in [3.8, 4) is 0 Å². The Morgan fingerprint density at radius 2 is 2.12 bits per heavy atom. The lowest BCUT2D eigenvalue weighted by molar-refractivity contribution is 0.0724. The van der Waals surface area contributed by atoms with Gasteiger partial charge in [0, 0.05) is 25.2 Å². The van der Waals surface area contributed by atoms with Crippen LogP contribution in [0.25, 0.3) is 0 Å². The summed E-state index contributed by atoms with van der Waals surface area (Å²) in [6.45, 7) is 11.3. The van der Waals surface area contributed by atoms with Gasteiger partial charge in [-0.3, -0.25) is 0 Å². The Labute approximate surface area is 101 Å². The molecule has 96 valence electrons. The Morgan fingerprint density at radius 3 is 2.62 bits per heavy atom. The van der Waals surface area contributed by atoms with Gasteiger partial charge >= 0.3 is 0 Å². The van der Waals surface area contributed by atoms with E-state index in [0.717, 1.165) is 0 Å². The van der Waals surface area contributed by atoms with Crippen LogP contribution in [0, 0.1) is 0 Å². The number of hydrogen-bond acceptors (Lipinski definition) is 3. The topological polar surface area (TPSA) is 24.5 Å². The van der Waals surface area contributed by atoms with E-state index in [9.17, 15) is 0 Å². The van der Waals surface area contributed by atoms with Gasteiger partial charge in [0.15, 0.2) is 0 Å². The van der Waals surface area contributed by atoms with E-state index in [-0.39, 0.29) is 0 Å². The zero-order valence-corrected chi connectivity index (χ0v) is 11.5. The van der Waals surface area contributed by atoms with Crippen molar-refractivity contribution in [1.82, 2.24) is 10.2 Å². The molecule has 0 aromatic carbocycles. The fraction of sp³-hybridized carbons (Fsp3) is 1.00. The van der Waals surface area contributed by atoms with Crippen LogP contribution in [0.15, 0.2) is 0 Å². The highest BCUT2D eigenvalue weighted by molar-refractivity contribution is 4.85. The molecule has 0 aliphatic carbocycles. The summed E-state index contributed by atoms with van der Waals surface area (Å²) < 4.78 is 5.35. The first kappa shape index (κ1) is 13.9. The second-order valence-corrected chi connectivity index (χ2v) is 5.10. The average molecular weight is 228 g/mol. The van der Waals surface area contributed by atoms with Crippen LogP contribution in [0.3, 0.4) is 0 Å². The summed E-state index contributed by atoms with van der Waals surface area (Å²) in [5.74, 6) is 0. The number of methoxy groups -OCH3 is 1. The fourth-order valence-electron chi connectivity index (χ4n) is 2.55. The average Bonchev–Trinajstić information content (AvgIpc) is 2.28. The van der Waals surface area contributed by atoms with Crippen LogP contribution < -0.4 is 5.32 Å². The molecule has 0 radical (unpaired) electrons. The number of rotatable bonds is 5. The van der Waals surface area contributed by atoms with Crippen molar-refractivity contribution in [1.29, 1.82) is 0 Å². The molecule has 0 amide bonds. The summed E-state index contributed by atoms with van der Waals surface area (Å²) >= 11 is 0. The molecule has 1 aliphatic heterocycles. The molecule has 3 heteroatoms. The smallest absolute Gasteiger partial charge is 0.0693 e. The van der Waals surface area contributed by atoms with Crippen molar-refractivity contribution in [3.05, 3.63) is 0 Å². The normalized spacial score (nSPS) is 31.3. The van der Waals surface area contributed by atoms with Crippen LogP contribution in [-0.2, 0) is 4.74 Å². The fourth-order valence-corrected chi connectivity index (χ4v) is 2.55. The maximum atomic E-state index is 5.35. The molecule has 1 rings (SSSR count). The maximum Gasteiger partial charge on any atom is 0.0693 e. The monoisotopic (exact) mass is 228 g/mol. The van der Waals surface area contributed by atoms with Crippen LogP contribution in [0.2, 0.25) is 0 Å². The van der Waals surface area contributed by atoms with Crippen LogP contribution in [0.1, 0.15) is 40.5 Å². The minimum atomic E-state index is 0.291. The Balaban J connectivity index is 2.35. The van der Waals surface area contributed by atoms with E-state index in [1.54, 1.807) is 7.11 Å². The van der Waals surface area contributed by atoms with Crippen molar-refractivity contribution in [2.45, 2.75) is 64.8 Å². The van der Waals surface area contributed by atoms with Crippen LogP contribution >= 0.6 is 0 Å². The minimum Gasteiger partial charge on any atom is -0.380 e. The van der Waals surface area contributed by atoms with Gasteiger partial charge in [-0.1, -0.05) is 6.92 Å². The van der Waals surface area contributed by atoms with Crippen molar-refractivity contribution >= 4 is 0 Å². The number of ether oxygens (including phenoxy) is 1. The third-order valence-corrected chi connectivity index (χ3v) is 3.99. The first-order valence-corrected chi connectivity index (χ1v) is 6.61. The molecule has 0 spiro atoms. The molecule has 3 nitrogen and oxygen atoms in total. The first-order chi connectivity index (χ1) is 7.58. The van der Waals surface area contributed by atoms with Crippen LogP contribution in [0.4, 0.5) is 0 Å². The first-order valence-electron chi connectivity index (χ1n) is 6.61. The zero-order valence-electron chi connectivity index (χ0n) is 11.5. The standard InChI is InChI=1S/C13H28N2O/c1-6-15-8-7-13(9-10(15)2)14-11(3)12(4)16-5/h10-14H,6-9H2,1-5H3. The van der Waals surface area contributed by atoms with E-state index in [1.807, 2.05) is 0 Å². The third-order valence-electron chi connectivity index (χ3n) is 3.99. The Kier molecular flexibility index (Phi) is 5.73. The molecule has 16 heavy (non-hydrogen) atoms. The van der Waals surface area contributed by atoms with E-state index < -0.39 is 0 Å². The lowest BCUT2D eigenvalue weighted by Gasteiger charge is -2.39. The van der Waals surface area contributed by atoms with Gasteiger partial charge in [-0.15, -0.1) is 0 Å². The van der Waals surface area contributed by atoms with E-state index >= 15 is 0 Å². The van der Waals surface area contributed by atoms with Gasteiger partial charge in [0.2, 0.25) is 0 Å². The molecule has 1 heterocycles. The molecule has 0 bridgehead atoms. The van der Waals surface area contributed by atoms with Gasteiger partial charge in [-0.2, -0.15) is 0 Å². The molecule has 4 unspecified atom stereocenters. The summed E-state index contributed by atoms with van der Waals surface area (Å²) in [4.78, 5) is 2.56. The molecule has 0 saturated carbocycles. The Hall–Kier alpha value is -0.120. The number of nitrogens with zero attached hydrogens (tertiary/aromatic N) is 1. The highest BCUT2D eigenvalue weighted by atomic mass is 16.5. The summed E-state index contributed by atoms with van der Waals surface area (Å²) in [6, 6.07) is 1.81. The highest BCUT2D eigenvalue weighted by Gasteiger charge is 2.25. The quantitative estimate of drug-likeness (QED) is 0.777. The SMILES string of the molecule is CCN1CCC(NC(C)C(C)OC)CC1C. The molecule has 0 aromatic heterocycles. The van der Waals surface area contributed by atoms with Gasteiger partial charge in [-0.25, -0.2) is 0 Å². The number of hydrogen-bond donors (Lipinski definition) is 1. The lowest BCUT2D eigenvalue weighted by Crippen LogP contribution is -2.51. The Bertz CT molecular complexity index is 198. The third kappa shape index (κ3) is 3.72. The lowest BCUT2D eigenvalue weighted by atomic mass is 9.97. The van der Waals surface area contributed by atoms with Crippen LogP contribution in [0.5, 0.6) is 0 Å². The second kappa shape index (κ2) is 6.58. The van der Waals surface area contributed by atoms with Crippen molar-refractivity contribution in [3.63, 3.8) is 0 Å². The number of piperidine rings is 1. The van der Waals surface area contributed by atoms with Gasteiger partial charge in [0.05, 0.1) is 6.10 Å². The van der Waals surface area contributed by atoms with Gasteiger partial charge < -0.3 is 15.0 Å². The van der Waals surface area contributed by atoms with E-state index in [2.05, 4.69) is 37.9 Å². The van der Waals surface area contributed by atoms with Gasteiger partial charge in [0.1, 0.15) is 0 Å². The predicted molar refractivity (Wildman–Crippen MR) is 68.8 cm³/mol. The molecule has 1 aliphatic rings. The second-order valence-electron chi connectivity index (χ2n) is 5.10. The molecule has 1 N–H and O–H groups in total. The summed E-state index contributed by atoms with van der Waals surface area (Å²) in [6.07, 6.45) is 2.81. The largest absolute Gasteiger partial charge is 0.380 e. The van der Waals surface area contributed by atoms with E-state index in [0.29, 0.717) is 24.2 Å². The summed E-state index contributed by atoms with van der Waals surface area (Å²) in [5, 5.41) is 3.69. The van der Waals surface area contributed by atoms with Gasteiger partial charge in [0.25, 0.3) is 0 Å². The van der Waals surface area contributed by atoms with Gasteiger partial charge in [-0.05, 0) is 46.7 Å². The van der Waals surface area contributed by atoms with E-state index in [1.165, 1.54) is 25.9 Å². The number of nitrogens with one attached hydrogen (secondary N) is 1. The van der Waals surface area contributed by atoms with Crippen molar-refractivity contribution in [2.75, 3.05) is 20.2 Å². The molecular weight excluding hydrogens is 200 g/mol. The zero-order chi connectivity index (χ0) is 12.1. The van der Waals surface area contributed by atoms with E-state index in [4.69, 9.17) is 4.74 Å². The predicted octanol–water partition coefficient (Wildman–Crippen LogP) is 1.87. The number of likely N-dealkylation sites (tertiary alicyclic amines) is 1. The van der Waals surface area contributed by atoms with Crippen LogP contribution in [-0.4, -0.2) is 49.3 Å². The maximum absolute atomic E-state index is 5.35. The Morgan fingerprint density at radius 1 is 1.44 bits per heavy atom. The van der Waals surface area contributed by atoms with Crippen molar-refractivity contribution in [2.24, 2.45) is 0 Å².